The van der Waals surface area contributed by atoms with Crippen molar-refractivity contribution < 1.29 is 23.5 Å². The van der Waals surface area contributed by atoms with Crippen LogP contribution in [-0.4, -0.2) is 25.5 Å². The Kier molecular flexibility index (Phi) is 6.07. The first-order valence-corrected chi connectivity index (χ1v) is 10.1. The summed E-state index contributed by atoms with van der Waals surface area (Å²) in [5, 5.41) is 6.25. The van der Waals surface area contributed by atoms with Crippen LogP contribution in [0.3, 0.4) is 0 Å². The Labute approximate surface area is 184 Å². The number of carbonyl (C=O) groups excluding carboxylic acids is 2. The zero-order valence-electron chi connectivity index (χ0n) is 17.7. The Morgan fingerprint density at radius 2 is 1.66 bits per heavy atom. The first-order chi connectivity index (χ1) is 15.6. The number of carbonyl (C=O) groups is 2. The lowest BCUT2D eigenvalue weighted by molar-refractivity contribution is 0.0999. The molecule has 0 atom stereocenters. The van der Waals surface area contributed by atoms with E-state index in [9.17, 15) is 9.59 Å². The number of hydrogen-bond acceptors (Lipinski definition) is 5. The van der Waals surface area contributed by atoms with E-state index in [2.05, 4.69) is 10.6 Å². The summed E-state index contributed by atoms with van der Waals surface area (Å²) in [4.78, 5) is 25.9. The molecule has 0 fully saturated rings. The van der Waals surface area contributed by atoms with Crippen LogP contribution in [0.25, 0.3) is 11.0 Å². The Morgan fingerprint density at radius 1 is 0.875 bits per heavy atom. The van der Waals surface area contributed by atoms with Crippen LogP contribution in [0.1, 0.15) is 27.8 Å². The molecule has 0 spiro atoms. The second-order valence-electron chi connectivity index (χ2n) is 6.90. The topological polar surface area (TPSA) is 89.8 Å². The minimum atomic E-state index is -0.480. The van der Waals surface area contributed by atoms with Gasteiger partial charge in [-0.3, -0.25) is 9.59 Å². The van der Waals surface area contributed by atoms with Gasteiger partial charge < -0.3 is 24.5 Å². The van der Waals surface area contributed by atoms with Crippen molar-refractivity contribution in [2.45, 2.75) is 6.92 Å². The Hall–Kier alpha value is -4.26. The third-order valence-electron chi connectivity index (χ3n) is 4.80. The van der Waals surface area contributed by atoms with E-state index in [1.165, 1.54) is 7.11 Å². The predicted octanol–water partition coefficient (Wildman–Crippen LogP) is 5.34. The summed E-state index contributed by atoms with van der Waals surface area (Å²) < 4.78 is 16.4. The van der Waals surface area contributed by atoms with E-state index >= 15 is 0 Å². The van der Waals surface area contributed by atoms with Gasteiger partial charge in [-0.1, -0.05) is 18.2 Å². The number of furan rings is 1. The Morgan fingerprint density at radius 3 is 2.41 bits per heavy atom. The number of benzene rings is 3. The van der Waals surface area contributed by atoms with Gasteiger partial charge in [0.2, 0.25) is 5.76 Å². The molecule has 0 unspecified atom stereocenters. The Balaban J connectivity index is 1.63. The number of anilines is 2. The molecule has 3 aromatic carbocycles. The monoisotopic (exact) mass is 430 g/mol. The highest BCUT2D eigenvalue weighted by atomic mass is 16.5. The minimum absolute atomic E-state index is 0.0105. The number of nitrogens with one attached hydrogen (secondary N) is 2. The Bertz CT molecular complexity index is 1260. The van der Waals surface area contributed by atoms with Crippen molar-refractivity contribution in [2.24, 2.45) is 0 Å². The molecule has 1 heterocycles. The number of amides is 2. The zero-order valence-corrected chi connectivity index (χ0v) is 17.7. The van der Waals surface area contributed by atoms with Crippen molar-refractivity contribution in [2.75, 3.05) is 24.4 Å². The maximum atomic E-state index is 13.0. The van der Waals surface area contributed by atoms with Crippen LogP contribution in [-0.2, 0) is 0 Å². The second kappa shape index (κ2) is 9.26. The molecule has 32 heavy (non-hydrogen) atoms. The van der Waals surface area contributed by atoms with Gasteiger partial charge in [0, 0.05) is 16.6 Å². The van der Waals surface area contributed by atoms with Gasteiger partial charge in [-0.05, 0) is 61.5 Å². The highest BCUT2D eigenvalue weighted by Crippen LogP contribution is 2.32. The van der Waals surface area contributed by atoms with Gasteiger partial charge in [-0.25, -0.2) is 0 Å². The van der Waals surface area contributed by atoms with E-state index in [1.807, 2.05) is 13.0 Å². The fourth-order valence-corrected chi connectivity index (χ4v) is 3.27. The molecule has 0 bridgehead atoms. The SMILES string of the molecule is CCOc1ccc(NC(=O)c2oc3ccccc3c2NC(=O)c2cccc(OC)c2)cc1. The van der Waals surface area contributed by atoms with Crippen LogP contribution in [0, 0.1) is 0 Å². The molecular formula is C25H22N2O5. The summed E-state index contributed by atoms with van der Waals surface area (Å²) >= 11 is 0. The van der Waals surface area contributed by atoms with Crippen molar-refractivity contribution >= 4 is 34.2 Å². The third kappa shape index (κ3) is 4.41. The van der Waals surface area contributed by atoms with E-state index in [-0.39, 0.29) is 11.7 Å². The van der Waals surface area contributed by atoms with Crippen molar-refractivity contribution in [3.63, 3.8) is 0 Å². The van der Waals surface area contributed by atoms with Crippen molar-refractivity contribution in [1.82, 2.24) is 0 Å². The van der Waals surface area contributed by atoms with E-state index in [0.29, 0.717) is 46.0 Å². The van der Waals surface area contributed by atoms with Gasteiger partial charge >= 0.3 is 0 Å². The molecule has 4 rings (SSSR count). The lowest BCUT2D eigenvalue weighted by Crippen LogP contribution is -2.17. The molecule has 4 aromatic rings. The molecule has 0 aliphatic rings. The number of hydrogen-bond donors (Lipinski definition) is 2. The minimum Gasteiger partial charge on any atom is -0.497 e. The van der Waals surface area contributed by atoms with Crippen LogP contribution in [0.15, 0.2) is 77.2 Å². The normalized spacial score (nSPS) is 10.6. The number of para-hydroxylation sites is 1. The lowest BCUT2D eigenvalue weighted by Gasteiger charge is -2.09. The largest absolute Gasteiger partial charge is 0.497 e. The van der Waals surface area contributed by atoms with Gasteiger partial charge in [0.05, 0.1) is 13.7 Å². The van der Waals surface area contributed by atoms with Crippen LogP contribution < -0.4 is 20.1 Å². The molecule has 7 heteroatoms. The molecule has 2 N–H and O–H groups in total. The first-order valence-electron chi connectivity index (χ1n) is 10.1. The van der Waals surface area contributed by atoms with E-state index < -0.39 is 5.91 Å². The molecule has 0 saturated carbocycles. The average molecular weight is 430 g/mol. The molecule has 2 amide bonds. The van der Waals surface area contributed by atoms with Gasteiger partial charge in [0.15, 0.2) is 0 Å². The number of fused-ring (bicyclic) bond motifs is 1. The van der Waals surface area contributed by atoms with Crippen molar-refractivity contribution in [1.29, 1.82) is 0 Å². The van der Waals surface area contributed by atoms with Gasteiger partial charge in [-0.15, -0.1) is 0 Å². The molecule has 0 aliphatic heterocycles. The maximum absolute atomic E-state index is 13.0. The van der Waals surface area contributed by atoms with Crippen molar-refractivity contribution in [3.8, 4) is 11.5 Å². The third-order valence-corrected chi connectivity index (χ3v) is 4.80. The zero-order chi connectivity index (χ0) is 22.5. The van der Waals surface area contributed by atoms with Crippen LogP contribution in [0.2, 0.25) is 0 Å². The van der Waals surface area contributed by atoms with Crippen LogP contribution in [0.5, 0.6) is 11.5 Å². The van der Waals surface area contributed by atoms with Crippen molar-refractivity contribution in [3.05, 3.63) is 84.1 Å². The molecule has 7 nitrogen and oxygen atoms in total. The highest BCUT2D eigenvalue weighted by Gasteiger charge is 2.23. The fraction of sp³-hybridized carbons (Fsp3) is 0.120. The van der Waals surface area contributed by atoms with Gasteiger partial charge in [-0.2, -0.15) is 0 Å². The summed E-state index contributed by atoms with van der Waals surface area (Å²) in [7, 11) is 1.53. The first kappa shape index (κ1) is 21.0. The second-order valence-corrected chi connectivity index (χ2v) is 6.90. The number of rotatable bonds is 7. The standard InChI is InChI=1S/C25H22N2O5/c1-3-31-18-13-11-17(12-14-18)26-25(29)23-22(20-9-4-5-10-21(20)32-23)27-24(28)16-7-6-8-19(15-16)30-2/h4-15H,3H2,1-2H3,(H,26,29)(H,27,28). The lowest BCUT2D eigenvalue weighted by atomic mass is 10.1. The summed E-state index contributed by atoms with van der Waals surface area (Å²) in [6, 6.07) is 20.9. The molecule has 1 aromatic heterocycles. The molecule has 0 saturated heterocycles. The number of ether oxygens (including phenoxy) is 2. The maximum Gasteiger partial charge on any atom is 0.293 e. The quantitative estimate of drug-likeness (QED) is 0.413. The van der Waals surface area contributed by atoms with E-state index in [1.54, 1.807) is 66.7 Å². The van der Waals surface area contributed by atoms with Gasteiger partial charge in [0.1, 0.15) is 22.8 Å². The highest BCUT2D eigenvalue weighted by molar-refractivity contribution is 6.16. The van der Waals surface area contributed by atoms with E-state index in [0.717, 1.165) is 0 Å². The molecule has 0 aliphatic carbocycles. The van der Waals surface area contributed by atoms with Crippen LogP contribution >= 0.6 is 0 Å². The van der Waals surface area contributed by atoms with Crippen LogP contribution in [0.4, 0.5) is 11.4 Å². The molecular weight excluding hydrogens is 408 g/mol. The molecule has 162 valence electrons. The predicted molar refractivity (Wildman–Crippen MR) is 123 cm³/mol. The fourth-order valence-electron chi connectivity index (χ4n) is 3.27. The summed E-state index contributed by atoms with van der Waals surface area (Å²) in [6.07, 6.45) is 0. The summed E-state index contributed by atoms with van der Waals surface area (Å²) in [5.74, 6) is 0.414. The smallest absolute Gasteiger partial charge is 0.293 e. The summed E-state index contributed by atoms with van der Waals surface area (Å²) in [5.41, 5.74) is 1.76. The summed E-state index contributed by atoms with van der Waals surface area (Å²) in [6.45, 7) is 2.46. The average Bonchev–Trinajstić information content (AvgIpc) is 3.19. The number of methoxy groups -OCH3 is 1. The van der Waals surface area contributed by atoms with E-state index in [4.69, 9.17) is 13.9 Å². The van der Waals surface area contributed by atoms with Gasteiger partial charge in [0.25, 0.3) is 11.8 Å². The molecule has 0 radical (unpaired) electrons.